The molecule has 0 aromatic heterocycles. The molecule has 0 heterocycles. The molecule has 0 radical (unpaired) electrons. The molecule has 1 amide bonds. The Balaban J connectivity index is 1.61. The van der Waals surface area contributed by atoms with Crippen molar-refractivity contribution in [3.05, 3.63) is 54.1 Å². The Kier molecular flexibility index (Phi) is 6.79. The Bertz CT molecular complexity index is 916. The maximum Gasteiger partial charge on any atom is 0.261 e. The zero-order valence-electron chi connectivity index (χ0n) is 16.9. The quantitative estimate of drug-likeness (QED) is 0.709. The molecule has 0 atom stereocenters. The molecule has 2 aromatic rings. The highest BCUT2D eigenvalue weighted by molar-refractivity contribution is 7.92. The van der Waals surface area contributed by atoms with E-state index in [0.717, 1.165) is 31.6 Å². The van der Waals surface area contributed by atoms with Crippen LogP contribution in [0, 0.1) is 5.92 Å². The van der Waals surface area contributed by atoms with Gasteiger partial charge in [0.15, 0.2) is 0 Å². The van der Waals surface area contributed by atoms with Crippen molar-refractivity contribution in [2.75, 3.05) is 11.8 Å². The summed E-state index contributed by atoms with van der Waals surface area (Å²) in [6, 6.07) is 12.8. The number of amides is 1. The summed E-state index contributed by atoms with van der Waals surface area (Å²) in [6.45, 7) is 2.21. The third-order valence-corrected chi connectivity index (χ3v) is 6.93. The number of nitrogens with one attached hydrogen (secondary N) is 2. The van der Waals surface area contributed by atoms with E-state index in [4.69, 9.17) is 4.74 Å². The molecule has 1 aliphatic rings. The zero-order valence-corrected chi connectivity index (χ0v) is 17.7. The topological polar surface area (TPSA) is 84.5 Å². The number of methoxy groups -OCH3 is 1. The number of sulfonamides is 1. The van der Waals surface area contributed by atoms with Crippen molar-refractivity contribution in [3.63, 3.8) is 0 Å². The van der Waals surface area contributed by atoms with Crippen LogP contribution in [0.15, 0.2) is 53.4 Å². The van der Waals surface area contributed by atoms with Gasteiger partial charge in [0.1, 0.15) is 5.75 Å². The van der Waals surface area contributed by atoms with Gasteiger partial charge in [-0.1, -0.05) is 13.3 Å². The summed E-state index contributed by atoms with van der Waals surface area (Å²) >= 11 is 0. The number of carbonyl (C=O) groups is 1. The first-order chi connectivity index (χ1) is 13.9. The van der Waals surface area contributed by atoms with Crippen molar-refractivity contribution >= 4 is 21.6 Å². The lowest BCUT2D eigenvalue weighted by molar-refractivity contribution is 0.0921. The molecule has 6 nitrogen and oxygen atoms in total. The molecule has 0 bridgehead atoms. The molecule has 1 aliphatic carbocycles. The summed E-state index contributed by atoms with van der Waals surface area (Å²) in [5, 5.41) is 3.07. The third kappa shape index (κ3) is 5.50. The zero-order chi connectivity index (χ0) is 20.9. The summed E-state index contributed by atoms with van der Waals surface area (Å²) < 4.78 is 32.7. The van der Waals surface area contributed by atoms with Crippen LogP contribution in [0.4, 0.5) is 5.69 Å². The van der Waals surface area contributed by atoms with Crippen molar-refractivity contribution in [1.29, 1.82) is 0 Å². The van der Waals surface area contributed by atoms with E-state index in [1.165, 1.54) is 18.6 Å². The lowest BCUT2D eigenvalue weighted by Crippen LogP contribution is -2.37. The molecule has 7 heteroatoms. The number of rotatable bonds is 7. The van der Waals surface area contributed by atoms with Gasteiger partial charge in [-0.25, -0.2) is 8.42 Å². The molecule has 3 rings (SSSR count). The number of hydrogen-bond donors (Lipinski definition) is 2. The Hall–Kier alpha value is -2.54. The molecule has 0 aliphatic heterocycles. The van der Waals surface area contributed by atoms with Gasteiger partial charge in [-0.05, 0) is 80.1 Å². The Morgan fingerprint density at radius 3 is 2.17 bits per heavy atom. The SMILES string of the molecule is CCC1CCC(NC(=O)c2ccc(S(=O)(=O)Nc3ccc(OC)cc3)cc2)CC1. The van der Waals surface area contributed by atoms with Crippen LogP contribution in [-0.2, 0) is 10.0 Å². The highest BCUT2D eigenvalue weighted by Gasteiger charge is 2.22. The summed E-state index contributed by atoms with van der Waals surface area (Å²) in [4.78, 5) is 12.6. The first-order valence-corrected chi connectivity index (χ1v) is 11.5. The van der Waals surface area contributed by atoms with Gasteiger partial charge >= 0.3 is 0 Å². The fourth-order valence-corrected chi connectivity index (χ4v) is 4.70. The second kappa shape index (κ2) is 9.31. The first kappa shape index (κ1) is 21.2. The molecule has 0 spiro atoms. The minimum atomic E-state index is -3.73. The van der Waals surface area contributed by atoms with E-state index in [9.17, 15) is 13.2 Å². The highest BCUT2D eigenvalue weighted by atomic mass is 32.2. The van der Waals surface area contributed by atoms with Crippen molar-refractivity contribution in [3.8, 4) is 5.75 Å². The predicted molar refractivity (Wildman–Crippen MR) is 114 cm³/mol. The summed E-state index contributed by atoms with van der Waals surface area (Å²) in [6.07, 6.45) is 5.50. The fourth-order valence-electron chi connectivity index (χ4n) is 3.64. The molecule has 2 N–H and O–H groups in total. The van der Waals surface area contributed by atoms with Crippen LogP contribution >= 0.6 is 0 Å². The van der Waals surface area contributed by atoms with Gasteiger partial charge in [0.2, 0.25) is 0 Å². The largest absolute Gasteiger partial charge is 0.497 e. The molecule has 0 unspecified atom stereocenters. The van der Waals surface area contributed by atoms with E-state index < -0.39 is 10.0 Å². The Labute approximate surface area is 172 Å². The van der Waals surface area contributed by atoms with Gasteiger partial charge < -0.3 is 10.1 Å². The second-order valence-electron chi connectivity index (χ2n) is 7.46. The fraction of sp³-hybridized carbons (Fsp3) is 0.409. The number of hydrogen-bond acceptors (Lipinski definition) is 4. The van der Waals surface area contributed by atoms with Crippen LogP contribution in [0.1, 0.15) is 49.4 Å². The maximum atomic E-state index is 12.6. The van der Waals surface area contributed by atoms with Crippen LogP contribution < -0.4 is 14.8 Å². The molecular weight excluding hydrogens is 388 g/mol. The average Bonchev–Trinajstić information content (AvgIpc) is 2.74. The van der Waals surface area contributed by atoms with E-state index in [0.29, 0.717) is 17.0 Å². The van der Waals surface area contributed by atoms with Crippen molar-refractivity contribution in [2.45, 2.75) is 50.0 Å². The molecular formula is C22H28N2O4S. The van der Waals surface area contributed by atoms with Gasteiger partial charge in [0.25, 0.3) is 15.9 Å². The minimum Gasteiger partial charge on any atom is -0.497 e. The third-order valence-electron chi connectivity index (χ3n) is 5.53. The smallest absolute Gasteiger partial charge is 0.261 e. The van der Waals surface area contributed by atoms with Gasteiger partial charge in [0, 0.05) is 17.3 Å². The second-order valence-corrected chi connectivity index (χ2v) is 9.14. The lowest BCUT2D eigenvalue weighted by Gasteiger charge is -2.28. The average molecular weight is 417 g/mol. The summed E-state index contributed by atoms with van der Waals surface area (Å²) in [5.41, 5.74) is 0.904. The van der Waals surface area contributed by atoms with Gasteiger partial charge in [-0.3, -0.25) is 9.52 Å². The van der Waals surface area contributed by atoms with E-state index >= 15 is 0 Å². The summed E-state index contributed by atoms with van der Waals surface area (Å²) in [5.74, 6) is 1.26. The van der Waals surface area contributed by atoms with Gasteiger partial charge in [-0.2, -0.15) is 0 Å². The summed E-state index contributed by atoms with van der Waals surface area (Å²) in [7, 11) is -2.19. The van der Waals surface area contributed by atoms with E-state index in [1.807, 2.05) is 0 Å². The normalized spacial score (nSPS) is 19.4. The maximum absolute atomic E-state index is 12.6. The number of ether oxygens (including phenoxy) is 1. The van der Waals surface area contributed by atoms with E-state index in [-0.39, 0.29) is 16.8 Å². The number of anilines is 1. The van der Waals surface area contributed by atoms with Crippen LogP contribution in [-0.4, -0.2) is 27.5 Å². The van der Waals surface area contributed by atoms with Crippen LogP contribution in [0.25, 0.3) is 0 Å². The Morgan fingerprint density at radius 2 is 1.62 bits per heavy atom. The minimum absolute atomic E-state index is 0.105. The van der Waals surface area contributed by atoms with Crippen LogP contribution in [0.5, 0.6) is 5.75 Å². The molecule has 156 valence electrons. The lowest BCUT2D eigenvalue weighted by atomic mass is 9.84. The molecule has 1 saturated carbocycles. The molecule has 2 aromatic carbocycles. The van der Waals surface area contributed by atoms with Crippen LogP contribution in [0.3, 0.4) is 0 Å². The molecule has 29 heavy (non-hydrogen) atoms. The Morgan fingerprint density at radius 1 is 1.00 bits per heavy atom. The first-order valence-electron chi connectivity index (χ1n) is 9.99. The monoisotopic (exact) mass is 416 g/mol. The van der Waals surface area contributed by atoms with Crippen molar-refractivity contribution in [1.82, 2.24) is 5.32 Å². The molecule has 0 saturated heterocycles. The van der Waals surface area contributed by atoms with Gasteiger partial charge in [0.05, 0.1) is 12.0 Å². The highest BCUT2D eigenvalue weighted by Crippen LogP contribution is 2.26. The standard InChI is InChI=1S/C22H28N2O4S/c1-3-16-4-8-18(9-5-16)23-22(25)17-6-14-21(15-7-17)29(26,27)24-19-10-12-20(28-2)13-11-19/h6-7,10-16,18,24H,3-5,8-9H2,1-2H3,(H,23,25). The van der Waals surface area contributed by atoms with E-state index in [1.54, 1.807) is 43.5 Å². The van der Waals surface area contributed by atoms with Crippen LogP contribution in [0.2, 0.25) is 0 Å². The van der Waals surface area contributed by atoms with Crippen molar-refractivity contribution < 1.29 is 17.9 Å². The number of carbonyl (C=O) groups excluding carboxylic acids is 1. The van der Waals surface area contributed by atoms with Crippen molar-refractivity contribution in [2.24, 2.45) is 5.92 Å². The predicted octanol–water partition coefficient (Wildman–Crippen LogP) is 4.19. The van der Waals surface area contributed by atoms with E-state index in [2.05, 4.69) is 17.0 Å². The van der Waals surface area contributed by atoms with Gasteiger partial charge in [-0.15, -0.1) is 0 Å². The molecule has 1 fully saturated rings. The number of benzene rings is 2.